The van der Waals surface area contributed by atoms with E-state index in [1.165, 1.54) is 12.1 Å². The fourth-order valence-corrected chi connectivity index (χ4v) is 2.62. The Labute approximate surface area is 179 Å². The number of hydrogen-bond donors (Lipinski definition) is 0. The first kappa shape index (κ1) is 21.8. The van der Waals surface area contributed by atoms with Gasteiger partial charge in [0.25, 0.3) is 11.4 Å². The summed E-state index contributed by atoms with van der Waals surface area (Å²) in [7, 11) is 1.56. The molecule has 3 aromatic carbocycles. The Morgan fingerprint density at radius 1 is 0.781 bits per heavy atom. The molecule has 3 rings (SSSR count). The van der Waals surface area contributed by atoms with Crippen LogP contribution in [-0.2, 0) is 0 Å². The zero-order chi connectivity index (χ0) is 23.3. The van der Waals surface area contributed by atoms with Crippen LogP contribution in [0.4, 0.5) is 22.7 Å². The van der Waals surface area contributed by atoms with Crippen LogP contribution in [-0.4, -0.2) is 28.1 Å². The number of nitrogens with zero attached hydrogens (tertiary/aromatic N) is 4. The highest BCUT2D eigenvalue weighted by atomic mass is 16.6. The smallest absolute Gasteiger partial charge is 0.325 e. The topological polar surface area (TPSA) is 160 Å². The van der Waals surface area contributed by atoms with Gasteiger partial charge in [0.2, 0.25) is 0 Å². The molecule has 0 N–H and O–H groups in total. The Morgan fingerprint density at radius 2 is 1.31 bits per heavy atom. The Morgan fingerprint density at radius 3 is 1.78 bits per heavy atom. The van der Waals surface area contributed by atoms with Crippen LogP contribution >= 0.6 is 0 Å². The third kappa shape index (κ3) is 4.99. The fraction of sp³-hybridized carbons (Fsp3) is 0.0500. The molecule has 0 saturated heterocycles. The van der Waals surface area contributed by atoms with Crippen LogP contribution in [0.1, 0.15) is 5.56 Å². The summed E-state index contributed by atoms with van der Waals surface area (Å²) < 4.78 is 10.5. The molecule has 0 radical (unpaired) electrons. The fourth-order valence-electron chi connectivity index (χ4n) is 2.62. The Balaban J connectivity index is 1.87. The van der Waals surface area contributed by atoms with Crippen molar-refractivity contribution in [2.24, 2.45) is 4.99 Å². The molecule has 162 valence electrons. The van der Waals surface area contributed by atoms with Gasteiger partial charge in [0.1, 0.15) is 11.5 Å². The summed E-state index contributed by atoms with van der Waals surface area (Å²) in [5, 5.41) is 33.6. The van der Waals surface area contributed by atoms with Crippen molar-refractivity contribution < 1.29 is 24.2 Å². The van der Waals surface area contributed by atoms with Crippen molar-refractivity contribution in [3.8, 4) is 17.2 Å². The average molecular weight is 438 g/mol. The third-order valence-electron chi connectivity index (χ3n) is 4.17. The minimum absolute atomic E-state index is 0.0617. The van der Waals surface area contributed by atoms with Crippen molar-refractivity contribution in [2.45, 2.75) is 0 Å². The molecule has 0 aliphatic rings. The SMILES string of the molecule is COc1ccc(N=Cc2ccc(Oc3c([N+](=O)[O-])cc([N+](=O)[O-])cc3[N+](=O)[O-])cc2)cc1. The summed E-state index contributed by atoms with van der Waals surface area (Å²) in [5.74, 6) is 0.0526. The highest BCUT2D eigenvalue weighted by Crippen LogP contribution is 2.42. The van der Waals surface area contributed by atoms with E-state index in [4.69, 9.17) is 9.47 Å². The van der Waals surface area contributed by atoms with Gasteiger partial charge in [0.15, 0.2) is 0 Å². The van der Waals surface area contributed by atoms with Crippen molar-refractivity contribution in [3.05, 3.63) is 96.6 Å². The molecular formula is C20H14N4O8. The number of nitro groups is 3. The lowest BCUT2D eigenvalue weighted by Crippen LogP contribution is -2.01. The van der Waals surface area contributed by atoms with E-state index in [0.717, 1.165) is 0 Å². The number of non-ortho nitro benzene ring substituents is 1. The van der Waals surface area contributed by atoms with Crippen LogP contribution in [0.3, 0.4) is 0 Å². The highest BCUT2D eigenvalue weighted by Gasteiger charge is 2.32. The molecule has 0 saturated carbocycles. The molecule has 0 fully saturated rings. The van der Waals surface area contributed by atoms with Crippen molar-refractivity contribution in [3.63, 3.8) is 0 Å². The van der Waals surface area contributed by atoms with Gasteiger partial charge in [-0.3, -0.25) is 35.3 Å². The highest BCUT2D eigenvalue weighted by molar-refractivity contribution is 5.82. The second-order valence-corrected chi connectivity index (χ2v) is 6.21. The molecule has 0 unspecified atom stereocenters. The molecule has 0 atom stereocenters. The normalized spacial score (nSPS) is 10.7. The van der Waals surface area contributed by atoms with Gasteiger partial charge in [-0.2, -0.15) is 0 Å². The lowest BCUT2D eigenvalue weighted by atomic mass is 10.2. The second-order valence-electron chi connectivity index (χ2n) is 6.21. The summed E-state index contributed by atoms with van der Waals surface area (Å²) in [5.41, 5.74) is -1.22. The molecule has 12 nitrogen and oxygen atoms in total. The number of nitro benzene ring substituents is 3. The standard InChI is InChI=1S/C20H14N4O8/c1-31-16-8-4-14(5-9-16)21-12-13-2-6-17(7-3-13)32-20-18(23(27)28)10-15(22(25)26)11-19(20)24(29)30/h2-12H,1H3. The predicted octanol–water partition coefficient (Wildman–Crippen LogP) is 4.96. The maximum atomic E-state index is 11.3. The third-order valence-corrected chi connectivity index (χ3v) is 4.17. The van der Waals surface area contributed by atoms with Gasteiger partial charge < -0.3 is 9.47 Å². The van der Waals surface area contributed by atoms with Gasteiger partial charge in [-0.15, -0.1) is 0 Å². The Hall–Kier alpha value is -4.87. The molecular weight excluding hydrogens is 424 g/mol. The first-order valence-corrected chi connectivity index (χ1v) is 8.85. The minimum atomic E-state index is -0.981. The van der Waals surface area contributed by atoms with Crippen molar-refractivity contribution in [1.29, 1.82) is 0 Å². The number of hydrogen-bond acceptors (Lipinski definition) is 9. The zero-order valence-corrected chi connectivity index (χ0v) is 16.4. The molecule has 0 bridgehead atoms. The number of ether oxygens (including phenoxy) is 2. The van der Waals surface area contributed by atoms with E-state index in [-0.39, 0.29) is 5.75 Å². The van der Waals surface area contributed by atoms with Crippen LogP contribution < -0.4 is 9.47 Å². The summed E-state index contributed by atoms with van der Waals surface area (Å²) in [6.45, 7) is 0. The van der Waals surface area contributed by atoms with Gasteiger partial charge in [0.05, 0.1) is 39.7 Å². The molecule has 0 amide bonds. The van der Waals surface area contributed by atoms with E-state index in [9.17, 15) is 30.3 Å². The van der Waals surface area contributed by atoms with E-state index in [2.05, 4.69) is 4.99 Å². The second kappa shape index (κ2) is 9.30. The number of rotatable bonds is 8. The van der Waals surface area contributed by atoms with E-state index < -0.39 is 37.6 Å². The van der Waals surface area contributed by atoms with Crippen LogP contribution in [0.5, 0.6) is 17.2 Å². The van der Waals surface area contributed by atoms with Gasteiger partial charge >= 0.3 is 11.4 Å². The molecule has 0 aliphatic heterocycles. The molecule has 12 heteroatoms. The molecule has 0 spiro atoms. The Bertz CT molecular complexity index is 1170. The summed E-state index contributed by atoms with van der Waals surface area (Å²) in [4.78, 5) is 35.0. The average Bonchev–Trinajstić information content (AvgIpc) is 2.78. The van der Waals surface area contributed by atoms with Crippen LogP contribution in [0, 0.1) is 30.3 Å². The van der Waals surface area contributed by atoms with Gasteiger partial charge in [-0.05, 0) is 54.1 Å². The van der Waals surface area contributed by atoms with Gasteiger partial charge in [-0.25, -0.2) is 0 Å². The largest absolute Gasteiger partial charge is 0.497 e. The molecule has 0 heterocycles. The van der Waals surface area contributed by atoms with Crippen molar-refractivity contribution in [2.75, 3.05) is 7.11 Å². The van der Waals surface area contributed by atoms with Crippen molar-refractivity contribution >= 4 is 29.0 Å². The van der Waals surface area contributed by atoms with E-state index >= 15 is 0 Å². The van der Waals surface area contributed by atoms with E-state index in [1.54, 1.807) is 49.7 Å². The van der Waals surface area contributed by atoms with Crippen LogP contribution in [0.15, 0.2) is 65.7 Å². The maximum absolute atomic E-state index is 11.3. The van der Waals surface area contributed by atoms with E-state index in [0.29, 0.717) is 29.1 Å². The van der Waals surface area contributed by atoms with Crippen LogP contribution in [0.25, 0.3) is 0 Å². The molecule has 0 aliphatic carbocycles. The maximum Gasteiger partial charge on any atom is 0.325 e. The lowest BCUT2D eigenvalue weighted by molar-refractivity contribution is -0.404. The molecule has 3 aromatic rings. The Kier molecular flexibility index (Phi) is 6.34. The predicted molar refractivity (Wildman–Crippen MR) is 113 cm³/mol. The summed E-state index contributed by atoms with van der Waals surface area (Å²) >= 11 is 0. The number of benzene rings is 3. The van der Waals surface area contributed by atoms with Crippen molar-refractivity contribution in [1.82, 2.24) is 0 Å². The summed E-state index contributed by atoms with van der Waals surface area (Å²) in [6, 6.07) is 14.3. The minimum Gasteiger partial charge on any atom is -0.497 e. The van der Waals surface area contributed by atoms with E-state index in [1.807, 2.05) is 0 Å². The zero-order valence-electron chi connectivity index (χ0n) is 16.4. The van der Waals surface area contributed by atoms with Crippen LogP contribution in [0.2, 0.25) is 0 Å². The van der Waals surface area contributed by atoms with Gasteiger partial charge in [0, 0.05) is 6.21 Å². The lowest BCUT2D eigenvalue weighted by Gasteiger charge is -2.07. The first-order chi connectivity index (χ1) is 15.3. The monoisotopic (exact) mass is 438 g/mol. The first-order valence-electron chi connectivity index (χ1n) is 8.85. The number of methoxy groups -OCH3 is 1. The quantitative estimate of drug-likeness (QED) is 0.271. The van der Waals surface area contributed by atoms with Gasteiger partial charge in [-0.1, -0.05) is 0 Å². The number of aliphatic imine (C=N–C) groups is 1. The molecule has 32 heavy (non-hydrogen) atoms. The molecule has 0 aromatic heterocycles. The summed E-state index contributed by atoms with van der Waals surface area (Å²) in [6.07, 6.45) is 1.57.